The third-order valence-corrected chi connectivity index (χ3v) is 3.63. The number of phenols is 1. The van der Waals surface area contributed by atoms with Gasteiger partial charge in [-0.1, -0.05) is 29.8 Å². The molecule has 21 heavy (non-hydrogen) atoms. The molecule has 0 bridgehead atoms. The summed E-state index contributed by atoms with van der Waals surface area (Å²) >= 11 is 0. The molecule has 3 nitrogen and oxygen atoms in total. The predicted molar refractivity (Wildman–Crippen MR) is 85.2 cm³/mol. The molecule has 1 heterocycles. The van der Waals surface area contributed by atoms with Gasteiger partial charge in [-0.3, -0.25) is 4.99 Å². The highest BCUT2D eigenvalue weighted by molar-refractivity contribution is 6.16. The normalized spacial score (nSPS) is 13.8. The van der Waals surface area contributed by atoms with Crippen LogP contribution >= 0.6 is 0 Å². The Morgan fingerprint density at radius 3 is 2.52 bits per heavy atom. The quantitative estimate of drug-likeness (QED) is 0.932. The highest BCUT2D eigenvalue weighted by Crippen LogP contribution is 2.28. The molecule has 2 aromatic rings. The van der Waals surface area contributed by atoms with Crippen molar-refractivity contribution in [3.8, 4) is 11.5 Å². The van der Waals surface area contributed by atoms with Gasteiger partial charge >= 0.3 is 0 Å². The highest BCUT2D eigenvalue weighted by atomic mass is 16.5. The monoisotopic (exact) mass is 279 g/mol. The number of nitrogens with zero attached hydrogens (tertiary/aromatic N) is 1. The number of aryl methyl sites for hydroxylation is 1. The molecule has 2 aromatic carbocycles. The first kappa shape index (κ1) is 13.4. The lowest BCUT2D eigenvalue weighted by atomic mass is 10.0. The van der Waals surface area contributed by atoms with Gasteiger partial charge in [0.25, 0.3) is 0 Å². The van der Waals surface area contributed by atoms with Gasteiger partial charge in [0, 0.05) is 11.6 Å². The van der Waals surface area contributed by atoms with E-state index >= 15 is 0 Å². The summed E-state index contributed by atoms with van der Waals surface area (Å²) in [5.41, 5.74) is 5.13. The summed E-state index contributed by atoms with van der Waals surface area (Å²) in [6, 6.07) is 13.7. The Bertz CT molecular complexity index is 727. The number of benzene rings is 2. The fourth-order valence-electron chi connectivity index (χ4n) is 2.39. The SMILES string of the molecule is COc1ccc(C2=NCC(c3ccc(C)cc3)=C2)c(O)c1. The number of phenolic OH excluding ortho intramolecular Hbond substituents is 1. The first-order chi connectivity index (χ1) is 10.2. The maximum Gasteiger partial charge on any atom is 0.128 e. The number of allylic oxidation sites excluding steroid dienone is 1. The van der Waals surface area contributed by atoms with Gasteiger partial charge < -0.3 is 9.84 Å². The summed E-state index contributed by atoms with van der Waals surface area (Å²) < 4.78 is 5.10. The Morgan fingerprint density at radius 1 is 1.10 bits per heavy atom. The van der Waals surface area contributed by atoms with E-state index in [0.717, 1.165) is 11.3 Å². The van der Waals surface area contributed by atoms with Crippen LogP contribution in [0.5, 0.6) is 11.5 Å². The van der Waals surface area contributed by atoms with Crippen molar-refractivity contribution < 1.29 is 9.84 Å². The van der Waals surface area contributed by atoms with Crippen molar-refractivity contribution in [1.29, 1.82) is 0 Å². The predicted octanol–water partition coefficient (Wildman–Crippen LogP) is 3.60. The van der Waals surface area contributed by atoms with Crippen LogP contribution in [0.1, 0.15) is 16.7 Å². The minimum Gasteiger partial charge on any atom is -0.507 e. The zero-order valence-electron chi connectivity index (χ0n) is 12.1. The van der Waals surface area contributed by atoms with Crippen LogP contribution in [0.3, 0.4) is 0 Å². The molecule has 0 aliphatic carbocycles. The van der Waals surface area contributed by atoms with Crippen molar-refractivity contribution in [2.45, 2.75) is 6.92 Å². The lowest BCUT2D eigenvalue weighted by Crippen LogP contribution is -1.95. The fraction of sp³-hybridized carbons (Fsp3) is 0.167. The highest BCUT2D eigenvalue weighted by Gasteiger charge is 2.15. The van der Waals surface area contributed by atoms with Gasteiger partial charge in [0.2, 0.25) is 0 Å². The summed E-state index contributed by atoms with van der Waals surface area (Å²) in [4.78, 5) is 4.53. The smallest absolute Gasteiger partial charge is 0.128 e. The molecule has 0 unspecified atom stereocenters. The van der Waals surface area contributed by atoms with Crippen LogP contribution in [-0.2, 0) is 0 Å². The van der Waals surface area contributed by atoms with Crippen molar-refractivity contribution in [3.05, 3.63) is 65.2 Å². The molecule has 0 saturated carbocycles. The van der Waals surface area contributed by atoms with Crippen LogP contribution in [0.4, 0.5) is 0 Å². The van der Waals surface area contributed by atoms with E-state index < -0.39 is 0 Å². The summed E-state index contributed by atoms with van der Waals surface area (Å²) in [6.45, 7) is 2.72. The molecule has 0 amide bonds. The largest absolute Gasteiger partial charge is 0.507 e. The van der Waals surface area contributed by atoms with E-state index in [1.165, 1.54) is 16.7 Å². The molecule has 0 aromatic heterocycles. The van der Waals surface area contributed by atoms with E-state index in [4.69, 9.17) is 4.74 Å². The molecule has 0 fully saturated rings. The van der Waals surface area contributed by atoms with Crippen LogP contribution in [-0.4, -0.2) is 24.5 Å². The van der Waals surface area contributed by atoms with E-state index in [2.05, 4.69) is 36.2 Å². The van der Waals surface area contributed by atoms with Crippen LogP contribution in [0.15, 0.2) is 53.5 Å². The summed E-state index contributed by atoms with van der Waals surface area (Å²) in [5.74, 6) is 0.826. The van der Waals surface area contributed by atoms with Gasteiger partial charge in [0.05, 0.1) is 19.4 Å². The van der Waals surface area contributed by atoms with Crippen molar-refractivity contribution in [3.63, 3.8) is 0 Å². The second kappa shape index (κ2) is 5.44. The van der Waals surface area contributed by atoms with E-state index in [9.17, 15) is 5.11 Å². The van der Waals surface area contributed by atoms with Gasteiger partial charge in [0.15, 0.2) is 0 Å². The first-order valence-corrected chi connectivity index (χ1v) is 6.87. The van der Waals surface area contributed by atoms with E-state index in [1.54, 1.807) is 13.2 Å². The lowest BCUT2D eigenvalue weighted by molar-refractivity contribution is 0.407. The van der Waals surface area contributed by atoms with Gasteiger partial charge in [-0.2, -0.15) is 0 Å². The Balaban J connectivity index is 1.90. The number of aromatic hydroxyl groups is 1. The number of hydrogen-bond donors (Lipinski definition) is 1. The van der Waals surface area contributed by atoms with Gasteiger partial charge in [-0.15, -0.1) is 0 Å². The molecule has 3 rings (SSSR count). The maximum atomic E-state index is 10.1. The summed E-state index contributed by atoms with van der Waals surface area (Å²) in [6.07, 6.45) is 2.03. The minimum absolute atomic E-state index is 0.189. The van der Waals surface area contributed by atoms with E-state index in [0.29, 0.717) is 12.3 Å². The molecule has 0 spiro atoms. The Labute approximate surface area is 124 Å². The Morgan fingerprint density at radius 2 is 1.86 bits per heavy atom. The molecule has 1 N–H and O–H groups in total. The second-order valence-corrected chi connectivity index (χ2v) is 5.12. The van der Waals surface area contributed by atoms with Gasteiger partial charge in [-0.05, 0) is 36.3 Å². The lowest BCUT2D eigenvalue weighted by Gasteiger charge is -2.05. The number of aliphatic imine (C=N–C) groups is 1. The first-order valence-electron chi connectivity index (χ1n) is 6.87. The van der Waals surface area contributed by atoms with Crippen molar-refractivity contribution in [2.75, 3.05) is 13.7 Å². The molecule has 106 valence electrons. The third kappa shape index (κ3) is 2.68. The topological polar surface area (TPSA) is 41.8 Å². The van der Waals surface area contributed by atoms with Gasteiger partial charge in [-0.25, -0.2) is 0 Å². The minimum atomic E-state index is 0.189. The van der Waals surface area contributed by atoms with Crippen molar-refractivity contribution in [2.24, 2.45) is 4.99 Å². The molecule has 0 saturated heterocycles. The van der Waals surface area contributed by atoms with Crippen molar-refractivity contribution in [1.82, 2.24) is 0 Å². The molecule has 3 heteroatoms. The van der Waals surface area contributed by atoms with Crippen molar-refractivity contribution >= 4 is 11.3 Å². The Hall–Kier alpha value is -2.55. The molecule has 1 aliphatic rings. The second-order valence-electron chi connectivity index (χ2n) is 5.12. The van der Waals surface area contributed by atoms with E-state index in [-0.39, 0.29) is 5.75 Å². The number of rotatable bonds is 3. The standard InChI is InChI=1S/C18H17NO2/c1-12-3-5-13(6-4-12)14-9-17(19-11-14)16-8-7-15(21-2)10-18(16)20/h3-10,20H,11H2,1-2H3. The zero-order chi connectivity index (χ0) is 14.8. The molecule has 0 atom stereocenters. The Kier molecular flexibility index (Phi) is 3.48. The average Bonchev–Trinajstić information content (AvgIpc) is 2.97. The summed E-state index contributed by atoms with van der Waals surface area (Å²) in [7, 11) is 1.58. The number of ether oxygens (including phenoxy) is 1. The van der Waals surface area contributed by atoms with Crippen LogP contribution in [0.25, 0.3) is 5.57 Å². The van der Waals surface area contributed by atoms with Crippen LogP contribution in [0.2, 0.25) is 0 Å². The summed E-state index contributed by atoms with van der Waals surface area (Å²) in [5, 5.41) is 10.1. The molecular weight excluding hydrogens is 262 g/mol. The fourth-order valence-corrected chi connectivity index (χ4v) is 2.39. The maximum absolute atomic E-state index is 10.1. The van der Waals surface area contributed by atoms with E-state index in [1.807, 2.05) is 18.2 Å². The number of hydrogen-bond acceptors (Lipinski definition) is 3. The van der Waals surface area contributed by atoms with Crippen LogP contribution in [0, 0.1) is 6.92 Å². The zero-order valence-corrected chi connectivity index (χ0v) is 12.1. The number of methoxy groups -OCH3 is 1. The van der Waals surface area contributed by atoms with Gasteiger partial charge in [0.1, 0.15) is 11.5 Å². The molecule has 1 aliphatic heterocycles. The van der Waals surface area contributed by atoms with Crippen LogP contribution < -0.4 is 4.74 Å². The molecular formula is C18H17NO2. The average molecular weight is 279 g/mol. The third-order valence-electron chi connectivity index (χ3n) is 3.63. The molecule has 0 radical (unpaired) electrons.